The molecule has 1 atom stereocenters. The number of imide groups is 1. The second kappa shape index (κ2) is 11.5. The van der Waals surface area contributed by atoms with Gasteiger partial charge in [-0.2, -0.15) is 8.42 Å². The highest BCUT2D eigenvalue weighted by molar-refractivity contribution is 7.85. The SMILES string of the molecule is O=C1CCC(=O)O1.O=NOCC1c2cc(NC(=O)CCN3C(=O)C=CC3=O)ccc2-c2ccc(S(=O)(=O)O)cc21. The van der Waals surface area contributed by atoms with Gasteiger partial charge >= 0.3 is 11.9 Å². The predicted molar refractivity (Wildman–Crippen MR) is 135 cm³/mol. The third kappa shape index (κ3) is 6.27. The second-order valence-electron chi connectivity index (χ2n) is 8.75. The molecule has 1 fully saturated rings. The van der Waals surface area contributed by atoms with Crippen molar-refractivity contribution in [2.75, 3.05) is 18.5 Å². The molecule has 5 rings (SSSR count). The fourth-order valence-electron chi connectivity index (χ4n) is 4.38. The molecule has 208 valence electrons. The molecular weight excluding hydrogens is 550 g/mol. The van der Waals surface area contributed by atoms with E-state index in [-0.39, 0.29) is 37.3 Å². The number of cyclic esters (lactones) is 2. The smallest absolute Gasteiger partial charge is 0.314 e. The summed E-state index contributed by atoms with van der Waals surface area (Å²) in [6.07, 6.45) is 2.71. The molecule has 2 heterocycles. The van der Waals surface area contributed by atoms with E-state index in [1.54, 1.807) is 24.3 Å². The molecule has 0 spiro atoms. The Kier molecular flexibility index (Phi) is 8.16. The minimum Gasteiger partial charge on any atom is -0.393 e. The topological polar surface area (TPSA) is 203 Å². The third-order valence-electron chi connectivity index (χ3n) is 6.22. The summed E-state index contributed by atoms with van der Waals surface area (Å²) >= 11 is 0. The molecule has 1 saturated heterocycles. The zero-order chi connectivity index (χ0) is 29.0. The van der Waals surface area contributed by atoms with Crippen LogP contribution in [0.1, 0.15) is 36.3 Å². The molecule has 0 saturated carbocycles. The molecule has 2 aromatic rings. The van der Waals surface area contributed by atoms with Crippen molar-refractivity contribution in [2.45, 2.75) is 30.1 Å². The lowest BCUT2D eigenvalue weighted by atomic mass is 9.97. The summed E-state index contributed by atoms with van der Waals surface area (Å²) < 4.78 is 36.6. The molecule has 15 heteroatoms. The third-order valence-corrected chi connectivity index (χ3v) is 7.06. The van der Waals surface area contributed by atoms with Crippen molar-refractivity contribution in [1.29, 1.82) is 0 Å². The number of amides is 3. The van der Waals surface area contributed by atoms with Crippen LogP contribution in [0.15, 0.2) is 58.8 Å². The van der Waals surface area contributed by atoms with Gasteiger partial charge in [0.1, 0.15) is 6.61 Å². The van der Waals surface area contributed by atoms with Crippen LogP contribution < -0.4 is 5.32 Å². The highest BCUT2D eigenvalue weighted by Gasteiger charge is 2.31. The molecule has 3 aliphatic rings. The first kappa shape index (κ1) is 28.3. The lowest BCUT2D eigenvalue weighted by molar-refractivity contribution is -0.152. The van der Waals surface area contributed by atoms with E-state index in [0.29, 0.717) is 22.4 Å². The summed E-state index contributed by atoms with van der Waals surface area (Å²) in [5.41, 5.74) is 3.03. The van der Waals surface area contributed by atoms with Crippen LogP contribution in [0.25, 0.3) is 11.1 Å². The maximum atomic E-state index is 12.4. The van der Waals surface area contributed by atoms with E-state index in [0.717, 1.165) is 22.6 Å². The molecule has 0 radical (unpaired) electrons. The molecule has 1 aliphatic carbocycles. The van der Waals surface area contributed by atoms with Gasteiger partial charge in [-0.1, -0.05) is 12.1 Å². The molecule has 3 amide bonds. The average Bonchev–Trinajstić information content (AvgIpc) is 3.54. The van der Waals surface area contributed by atoms with Crippen LogP contribution in [-0.4, -0.2) is 60.7 Å². The molecule has 0 aromatic heterocycles. The first-order valence-electron chi connectivity index (χ1n) is 11.7. The Hall–Kier alpha value is -4.76. The molecular formula is C25H21N3O11S. The Morgan fingerprint density at radius 1 is 1.00 bits per heavy atom. The van der Waals surface area contributed by atoms with Gasteiger partial charge in [0, 0.05) is 36.7 Å². The number of ether oxygens (including phenoxy) is 1. The van der Waals surface area contributed by atoms with Crippen LogP contribution in [-0.2, 0) is 43.7 Å². The summed E-state index contributed by atoms with van der Waals surface area (Å²) in [5.74, 6) is -2.74. The standard InChI is InChI=1S/C21H17N3O8S.C4H4O3/c25-19(7-8-24-20(26)5-6-21(24)27)22-12-1-3-14-15-4-2-13(33(29,30)31)10-17(15)18(11-32-23-28)16(14)9-12;5-3-1-2-4(6)7-3/h1-6,9-10,18H,7-8,11H2,(H,22,25)(H,29,30,31);1-2H2. The van der Waals surface area contributed by atoms with Crippen molar-refractivity contribution in [3.05, 3.63) is 64.6 Å². The number of anilines is 1. The first-order valence-corrected chi connectivity index (χ1v) is 13.2. The van der Waals surface area contributed by atoms with Crippen molar-refractivity contribution < 1.29 is 46.5 Å². The Morgan fingerprint density at radius 3 is 2.15 bits per heavy atom. The van der Waals surface area contributed by atoms with Crippen LogP contribution in [0.5, 0.6) is 0 Å². The normalized spacial score (nSPS) is 17.1. The molecule has 2 aliphatic heterocycles. The zero-order valence-corrected chi connectivity index (χ0v) is 21.4. The van der Waals surface area contributed by atoms with Gasteiger partial charge in [-0.05, 0) is 46.5 Å². The molecule has 14 nitrogen and oxygen atoms in total. The minimum atomic E-state index is -4.44. The number of rotatable bonds is 8. The van der Waals surface area contributed by atoms with Gasteiger partial charge in [-0.15, -0.1) is 4.91 Å². The average molecular weight is 572 g/mol. The zero-order valence-electron chi connectivity index (χ0n) is 20.6. The highest BCUT2D eigenvalue weighted by atomic mass is 32.2. The van der Waals surface area contributed by atoms with Crippen molar-refractivity contribution in [1.82, 2.24) is 4.90 Å². The maximum Gasteiger partial charge on any atom is 0.314 e. The van der Waals surface area contributed by atoms with Gasteiger partial charge in [0.15, 0.2) is 5.34 Å². The number of esters is 2. The Balaban J connectivity index is 0.000000461. The number of nitrogens with one attached hydrogen (secondary N) is 1. The van der Waals surface area contributed by atoms with Gasteiger partial charge in [0.25, 0.3) is 21.9 Å². The summed E-state index contributed by atoms with van der Waals surface area (Å²) in [7, 11) is -4.44. The summed E-state index contributed by atoms with van der Waals surface area (Å²) in [4.78, 5) is 71.4. The van der Waals surface area contributed by atoms with E-state index < -0.39 is 45.7 Å². The van der Waals surface area contributed by atoms with E-state index in [2.05, 4.69) is 20.2 Å². The lowest BCUT2D eigenvalue weighted by Gasteiger charge is -2.15. The van der Waals surface area contributed by atoms with Crippen LogP contribution >= 0.6 is 0 Å². The van der Waals surface area contributed by atoms with Crippen molar-refractivity contribution in [3.8, 4) is 11.1 Å². The van der Waals surface area contributed by atoms with Crippen molar-refractivity contribution in [3.63, 3.8) is 0 Å². The number of carbonyl (C=O) groups is 5. The fraction of sp³-hybridized carbons (Fsp3) is 0.240. The maximum absolute atomic E-state index is 12.4. The van der Waals surface area contributed by atoms with E-state index in [9.17, 15) is 41.9 Å². The quantitative estimate of drug-likeness (QED) is 0.117. The van der Waals surface area contributed by atoms with Gasteiger partial charge in [-0.3, -0.25) is 33.4 Å². The highest BCUT2D eigenvalue weighted by Crippen LogP contribution is 2.46. The number of benzene rings is 2. The van der Waals surface area contributed by atoms with Crippen LogP contribution in [0.2, 0.25) is 0 Å². The van der Waals surface area contributed by atoms with Crippen molar-refractivity contribution >= 4 is 45.5 Å². The van der Waals surface area contributed by atoms with E-state index in [4.69, 9.17) is 0 Å². The van der Waals surface area contributed by atoms with Crippen LogP contribution in [0.3, 0.4) is 0 Å². The number of hydrogen-bond acceptors (Lipinski definition) is 11. The largest absolute Gasteiger partial charge is 0.393 e. The molecule has 2 N–H and O–H groups in total. The molecule has 0 bridgehead atoms. The Morgan fingerprint density at radius 2 is 1.60 bits per heavy atom. The van der Waals surface area contributed by atoms with Crippen LogP contribution in [0, 0.1) is 4.91 Å². The molecule has 1 unspecified atom stereocenters. The minimum absolute atomic E-state index is 0.0627. The van der Waals surface area contributed by atoms with Gasteiger partial charge < -0.3 is 14.9 Å². The first-order chi connectivity index (χ1) is 19.0. The summed E-state index contributed by atoms with van der Waals surface area (Å²) in [5, 5.41) is 5.10. The number of hydrogen-bond donors (Lipinski definition) is 2. The van der Waals surface area contributed by atoms with Gasteiger partial charge in [0.2, 0.25) is 5.91 Å². The van der Waals surface area contributed by atoms with E-state index in [1.807, 2.05) is 0 Å². The van der Waals surface area contributed by atoms with Gasteiger partial charge in [-0.25, -0.2) is 0 Å². The van der Waals surface area contributed by atoms with Gasteiger partial charge in [0.05, 0.1) is 17.7 Å². The number of nitrogens with zero attached hydrogens (tertiary/aromatic N) is 2. The second-order valence-corrected chi connectivity index (χ2v) is 10.2. The lowest BCUT2D eigenvalue weighted by Crippen LogP contribution is -2.33. The predicted octanol–water partition coefficient (Wildman–Crippen LogP) is 1.85. The fourth-order valence-corrected chi connectivity index (χ4v) is 4.90. The summed E-state index contributed by atoms with van der Waals surface area (Å²) in [6.45, 7) is -0.241. The Labute approximate surface area is 226 Å². The van der Waals surface area contributed by atoms with Crippen molar-refractivity contribution in [2.24, 2.45) is 5.34 Å². The molecule has 2 aromatic carbocycles. The van der Waals surface area contributed by atoms with E-state index in [1.165, 1.54) is 12.1 Å². The molecule has 40 heavy (non-hydrogen) atoms. The number of carbonyl (C=O) groups excluding carboxylic acids is 5. The Bertz CT molecular complexity index is 1530. The van der Waals surface area contributed by atoms with E-state index >= 15 is 0 Å². The summed E-state index contributed by atoms with van der Waals surface area (Å²) in [6, 6.07) is 9.15. The number of fused-ring (bicyclic) bond motifs is 3. The van der Waals surface area contributed by atoms with Crippen LogP contribution in [0.4, 0.5) is 5.69 Å². The monoisotopic (exact) mass is 571 g/mol.